The van der Waals surface area contributed by atoms with Crippen LogP contribution in [0.3, 0.4) is 0 Å². The molecule has 2 aromatic carbocycles. The van der Waals surface area contributed by atoms with Gasteiger partial charge in [-0.25, -0.2) is 4.74 Å². The van der Waals surface area contributed by atoms with Crippen LogP contribution in [0.5, 0.6) is 0 Å². The van der Waals surface area contributed by atoms with E-state index in [0.717, 1.165) is 15.9 Å². The number of hydrogen-bond acceptors (Lipinski definition) is 1. The third kappa shape index (κ3) is 2.94. The summed E-state index contributed by atoms with van der Waals surface area (Å²) in [5.41, 5.74) is 4.46. The molecule has 0 saturated carbocycles. The number of benzene rings is 2. The van der Waals surface area contributed by atoms with Crippen molar-refractivity contribution in [3.63, 3.8) is 0 Å². The largest absolute Gasteiger partial charge is 0.624 e. The lowest BCUT2D eigenvalue weighted by molar-refractivity contribution is -0.416. The molecule has 0 aliphatic rings. The summed E-state index contributed by atoms with van der Waals surface area (Å²) in [6.45, 7) is 2.07. The van der Waals surface area contributed by atoms with Crippen LogP contribution < -0.4 is 0 Å². The van der Waals surface area contributed by atoms with Gasteiger partial charge >= 0.3 is 0 Å². The Labute approximate surface area is 101 Å². The SMILES string of the molecule is Cc1cccc(-c2cccc(/C=[N+](/C)[O-])c2)c1. The molecule has 0 amide bonds. The van der Waals surface area contributed by atoms with E-state index < -0.39 is 0 Å². The summed E-state index contributed by atoms with van der Waals surface area (Å²) in [5, 5.41) is 11.0. The van der Waals surface area contributed by atoms with E-state index in [1.54, 1.807) is 6.21 Å². The molecule has 0 aliphatic heterocycles. The van der Waals surface area contributed by atoms with Crippen LogP contribution in [0.2, 0.25) is 0 Å². The van der Waals surface area contributed by atoms with Crippen LogP contribution in [0.25, 0.3) is 11.1 Å². The first kappa shape index (κ1) is 11.4. The number of hydrogen-bond donors (Lipinski definition) is 0. The molecule has 2 heteroatoms. The van der Waals surface area contributed by atoms with Crippen molar-refractivity contribution in [2.75, 3.05) is 7.05 Å². The molecule has 2 rings (SSSR count). The van der Waals surface area contributed by atoms with E-state index >= 15 is 0 Å². The molecule has 0 fully saturated rings. The fourth-order valence-electron chi connectivity index (χ4n) is 1.83. The average molecular weight is 225 g/mol. The van der Waals surface area contributed by atoms with E-state index in [1.165, 1.54) is 18.2 Å². The molecular weight excluding hydrogens is 210 g/mol. The highest BCUT2D eigenvalue weighted by atomic mass is 16.5. The van der Waals surface area contributed by atoms with Gasteiger partial charge in [0.1, 0.15) is 7.05 Å². The summed E-state index contributed by atoms with van der Waals surface area (Å²) in [7, 11) is 1.49. The third-order valence-corrected chi connectivity index (χ3v) is 2.57. The molecule has 2 nitrogen and oxygen atoms in total. The van der Waals surface area contributed by atoms with Crippen molar-refractivity contribution in [3.05, 3.63) is 64.9 Å². The maximum absolute atomic E-state index is 11.0. The molecule has 0 saturated heterocycles. The highest BCUT2D eigenvalue weighted by Gasteiger charge is 1.99. The Morgan fingerprint density at radius 2 is 1.65 bits per heavy atom. The second kappa shape index (κ2) is 4.83. The molecule has 2 aromatic rings. The zero-order valence-corrected chi connectivity index (χ0v) is 10.1. The fourth-order valence-corrected chi connectivity index (χ4v) is 1.83. The molecule has 0 bridgehead atoms. The van der Waals surface area contributed by atoms with Crippen LogP contribution in [0.15, 0.2) is 48.5 Å². The van der Waals surface area contributed by atoms with E-state index in [-0.39, 0.29) is 0 Å². The zero-order chi connectivity index (χ0) is 12.3. The van der Waals surface area contributed by atoms with Gasteiger partial charge in [-0.2, -0.15) is 0 Å². The molecule has 0 heterocycles. The molecule has 0 atom stereocenters. The molecule has 0 aromatic heterocycles. The standard InChI is InChI=1S/C15H15NO/c1-12-5-3-7-14(9-12)15-8-4-6-13(10-15)11-16(2)17/h3-11H,1-2H3/b16-11-. The summed E-state index contributed by atoms with van der Waals surface area (Å²) in [6, 6.07) is 16.3. The van der Waals surface area contributed by atoms with E-state index in [4.69, 9.17) is 0 Å². The van der Waals surface area contributed by atoms with Gasteiger partial charge in [0.05, 0.1) is 0 Å². The first-order valence-electron chi connectivity index (χ1n) is 5.57. The maximum atomic E-state index is 11.0. The molecular formula is C15H15NO. The van der Waals surface area contributed by atoms with Crippen molar-refractivity contribution in [2.24, 2.45) is 0 Å². The zero-order valence-electron chi connectivity index (χ0n) is 10.1. The van der Waals surface area contributed by atoms with E-state index in [9.17, 15) is 5.21 Å². The Hall–Kier alpha value is -2.09. The number of rotatable bonds is 2. The van der Waals surface area contributed by atoms with E-state index in [0.29, 0.717) is 0 Å². The molecule has 0 unspecified atom stereocenters. The van der Waals surface area contributed by atoms with Gasteiger partial charge in [0.15, 0.2) is 6.21 Å². The van der Waals surface area contributed by atoms with Crippen LogP contribution in [0, 0.1) is 12.1 Å². The Morgan fingerprint density at radius 1 is 1.00 bits per heavy atom. The molecule has 17 heavy (non-hydrogen) atoms. The van der Waals surface area contributed by atoms with Crippen LogP contribution in [0.4, 0.5) is 0 Å². The Kier molecular flexibility index (Phi) is 3.24. The molecule has 0 N–H and O–H groups in total. The molecule has 0 spiro atoms. The minimum absolute atomic E-state index is 0.815. The number of aryl methyl sites for hydroxylation is 1. The van der Waals surface area contributed by atoms with Crippen molar-refractivity contribution < 1.29 is 4.74 Å². The lowest BCUT2D eigenvalue weighted by atomic mass is 10.0. The normalized spacial score (nSPS) is 11.5. The number of nitrogens with zero attached hydrogens (tertiary/aromatic N) is 1. The Morgan fingerprint density at radius 3 is 2.29 bits per heavy atom. The van der Waals surface area contributed by atoms with Gasteiger partial charge in [0.25, 0.3) is 0 Å². The predicted molar refractivity (Wildman–Crippen MR) is 71.3 cm³/mol. The lowest BCUT2D eigenvalue weighted by Gasteiger charge is -2.04. The van der Waals surface area contributed by atoms with Gasteiger partial charge in [-0.05, 0) is 30.2 Å². The van der Waals surface area contributed by atoms with Gasteiger partial charge in [-0.3, -0.25) is 0 Å². The third-order valence-electron chi connectivity index (χ3n) is 2.57. The van der Waals surface area contributed by atoms with Gasteiger partial charge in [0, 0.05) is 5.56 Å². The van der Waals surface area contributed by atoms with E-state index in [1.807, 2.05) is 24.3 Å². The monoisotopic (exact) mass is 225 g/mol. The minimum atomic E-state index is 0.815. The topological polar surface area (TPSA) is 26.1 Å². The van der Waals surface area contributed by atoms with Gasteiger partial charge in [-0.1, -0.05) is 42.0 Å². The first-order chi connectivity index (χ1) is 8.15. The van der Waals surface area contributed by atoms with Crippen molar-refractivity contribution in [1.82, 2.24) is 0 Å². The van der Waals surface area contributed by atoms with E-state index in [2.05, 4.69) is 31.2 Å². The average Bonchev–Trinajstić information content (AvgIpc) is 2.28. The highest BCUT2D eigenvalue weighted by Crippen LogP contribution is 2.20. The smallest absolute Gasteiger partial charge is 0.181 e. The molecule has 0 aliphatic carbocycles. The van der Waals surface area contributed by atoms with Crippen LogP contribution in [0.1, 0.15) is 11.1 Å². The quantitative estimate of drug-likeness (QED) is 0.333. The predicted octanol–water partition coefficient (Wildman–Crippen LogP) is 3.22. The second-order valence-electron chi connectivity index (χ2n) is 4.17. The van der Waals surface area contributed by atoms with Crippen molar-refractivity contribution in [1.29, 1.82) is 0 Å². The lowest BCUT2D eigenvalue weighted by Crippen LogP contribution is -1.97. The van der Waals surface area contributed by atoms with Crippen LogP contribution in [-0.4, -0.2) is 18.0 Å². The Balaban J connectivity index is 2.43. The minimum Gasteiger partial charge on any atom is -0.624 e. The number of hydroxylamine groups is 1. The van der Waals surface area contributed by atoms with Crippen molar-refractivity contribution >= 4 is 6.21 Å². The summed E-state index contributed by atoms with van der Waals surface area (Å²) in [4.78, 5) is 0. The summed E-state index contributed by atoms with van der Waals surface area (Å²) < 4.78 is 0.815. The van der Waals surface area contributed by atoms with Crippen molar-refractivity contribution in [2.45, 2.75) is 6.92 Å². The van der Waals surface area contributed by atoms with Gasteiger partial charge < -0.3 is 5.21 Å². The summed E-state index contributed by atoms with van der Waals surface area (Å²) >= 11 is 0. The molecule has 86 valence electrons. The second-order valence-corrected chi connectivity index (χ2v) is 4.17. The molecule has 0 radical (unpaired) electrons. The van der Waals surface area contributed by atoms with Gasteiger partial charge in [-0.15, -0.1) is 0 Å². The Bertz CT molecular complexity index is 554. The van der Waals surface area contributed by atoms with Crippen molar-refractivity contribution in [3.8, 4) is 11.1 Å². The summed E-state index contributed by atoms with van der Waals surface area (Å²) in [6.07, 6.45) is 1.57. The highest BCUT2D eigenvalue weighted by molar-refractivity contribution is 5.79. The maximum Gasteiger partial charge on any atom is 0.181 e. The van der Waals surface area contributed by atoms with Gasteiger partial charge in [0.2, 0.25) is 0 Å². The fraction of sp³-hybridized carbons (Fsp3) is 0.133. The van der Waals surface area contributed by atoms with Crippen LogP contribution in [-0.2, 0) is 0 Å². The summed E-state index contributed by atoms with van der Waals surface area (Å²) in [5.74, 6) is 0. The first-order valence-corrected chi connectivity index (χ1v) is 5.57. The van der Waals surface area contributed by atoms with Crippen LogP contribution >= 0.6 is 0 Å².